The summed E-state index contributed by atoms with van der Waals surface area (Å²) in [5.74, 6) is 1.24. The third-order valence-electron chi connectivity index (χ3n) is 3.87. The van der Waals surface area contributed by atoms with Gasteiger partial charge in [-0.25, -0.2) is 4.99 Å². The second-order valence-corrected chi connectivity index (χ2v) is 6.33. The molecule has 164 valence electrons. The van der Waals surface area contributed by atoms with Crippen molar-refractivity contribution in [3.8, 4) is 17.2 Å². The number of guanidine groups is 1. The molecule has 0 unspecified atom stereocenters. The summed E-state index contributed by atoms with van der Waals surface area (Å²) in [6, 6.07) is 11.5. The predicted molar refractivity (Wildman–Crippen MR) is 109 cm³/mol. The van der Waals surface area contributed by atoms with E-state index >= 15 is 0 Å². The van der Waals surface area contributed by atoms with Gasteiger partial charge in [-0.15, -0.1) is 0 Å². The maximum Gasteiger partial charge on any atom is 0.422 e. The largest absolute Gasteiger partial charge is 0.504 e. The number of hydrogen-bond donors (Lipinski definition) is 3. The van der Waals surface area contributed by atoms with Crippen molar-refractivity contribution < 1.29 is 27.8 Å². The Bertz CT molecular complexity index is 824. The molecule has 0 heterocycles. The molecule has 0 aliphatic rings. The fraction of sp³-hybridized carbons (Fsp3) is 0.381. The summed E-state index contributed by atoms with van der Waals surface area (Å²) in [5.41, 5.74) is 1.74. The van der Waals surface area contributed by atoms with Gasteiger partial charge in [0, 0.05) is 13.1 Å². The van der Waals surface area contributed by atoms with E-state index in [-0.39, 0.29) is 11.5 Å². The van der Waals surface area contributed by atoms with Gasteiger partial charge >= 0.3 is 6.18 Å². The second-order valence-electron chi connectivity index (χ2n) is 6.33. The molecule has 30 heavy (non-hydrogen) atoms. The molecule has 2 aromatic carbocycles. The van der Waals surface area contributed by atoms with Crippen molar-refractivity contribution in [2.45, 2.75) is 33.1 Å². The van der Waals surface area contributed by atoms with Gasteiger partial charge in [-0.2, -0.15) is 13.2 Å². The average molecular weight is 425 g/mol. The lowest BCUT2D eigenvalue weighted by Crippen LogP contribution is -2.36. The van der Waals surface area contributed by atoms with Gasteiger partial charge < -0.3 is 25.2 Å². The Hall–Kier alpha value is -3.10. The molecule has 0 saturated heterocycles. The van der Waals surface area contributed by atoms with E-state index in [0.29, 0.717) is 38.0 Å². The predicted octanol–water partition coefficient (Wildman–Crippen LogP) is 3.99. The lowest BCUT2D eigenvalue weighted by molar-refractivity contribution is -0.153. The maximum absolute atomic E-state index is 12.2. The molecular weight excluding hydrogens is 399 g/mol. The maximum atomic E-state index is 12.2. The summed E-state index contributed by atoms with van der Waals surface area (Å²) in [7, 11) is 0. The van der Waals surface area contributed by atoms with Crippen molar-refractivity contribution in [3.63, 3.8) is 0 Å². The summed E-state index contributed by atoms with van der Waals surface area (Å²) in [4.78, 5) is 4.51. The van der Waals surface area contributed by atoms with Crippen LogP contribution in [-0.4, -0.2) is 37.0 Å². The van der Waals surface area contributed by atoms with Crippen LogP contribution in [0.3, 0.4) is 0 Å². The van der Waals surface area contributed by atoms with Crippen molar-refractivity contribution in [3.05, 3.63) is 53.6 Å². The number of aromatic hydroxyl groups is 1. The van der Waals surface area contributed by atoms with Crippen molar-refractivity contribution in [2.24, 2.45) is 4.99 Å². The number of hydrogen-bond acceptors (Lipinski definition) is 4. The summed E-state index contributed by atoms with van der Waals surface area (Å²) in [6.07, 6.45) is -4.36. The molecule has 0 fully saturated rings. The number of rotatable bonds is 9. The van der Waals surface area contributed by atoms with Crippen LogP contribution in [0.4, 0.5) is 13.2 Å². The second kappa shape index (κ2) is 11.2. The van der Waals surface area contributed by atoms with E-state index in [2.05, 4.69) is 15.6 Å². The number of ether oxygens (including phenoxy) is 2. The molecule has 0 bridgehead atoms. The highest BCUT2D eigenvalue weighted by molar-refractivity contribution is 5.79. The van der Waals surface area contributed by atoms with Crippen LogP contribution >= 0.6 is 0 Å². The Morgan fingerprint density at radius 1 is 1.00 bits per heavy atom. The van der Waals surface area contributed by atoms with Crippen LogP contribution < -0.4 is 20.1 Å². The van der Waals surface area contributed by atoms with Crippen LogP contribution in [0.2, 0.25) is 0 Å². The first-order valence-corrected chi connectivity index (χ1v) is 9.56. The van der Waals surface area contributed by atoms with E-state index in [9.17, 15) is 18.3 Å². The number of alkyl halides is 3. The number of halogens is 3. The van der Waals surface area contributed by atoms with Crippen LogP contribution in [0.25, 0.3) is 0 Å². The monoisotopic (exact) mass is 425 g/mol. The van der Waals surface area contributed by atoms with Crippen LogP contribution in [-0.2, 0) is 13.1 Å². The summed E-state index contributed by atoms with van der Waals surface area (Å²) < 4.78 is 46.7. The zero-order valence-electron chi connectivity index (χ0n) is 16.9. The molecular formula is C21H26F3N3O3. The molecule has 2 aromatic rings. The number of aliphatic imine (C=N–C) groups is 1. The Morgan fingerprint density at radius 3 is 2.33 bits per heavy atom. The van der Waals surface area contributed by atoms with Crippen LogP contribution in [0.15, 0.2) is 47.5 Å². The smallest absolute Gasteiger partial charge is 0.422 e. The summed E-state index contributed by atoms with van der Waals surface area (Å²) in [6.45, 7) is 4.39. The van der Waals surface area contributed by atoms with Crippen molar-refractivity contribution >= 4 is 5.96 Å². The molecule has 0 aliphatic heterocycles. The van der Waals surface area contributed by atoms with E-state index in [1.54, 1.807) is 30.3 Å². The average Bonchev–Trinajstić information content (AvgIpc) is 2.71. The van der Waals surface area contributed by atoms with Crippen LogP contribution in [0, 0.1) is 0 Å². The molecule has 0 aromatic heterocycles. The third-order valence-corrected chi connectivity index (χ3v) is 3.87. The van der Waals surface area contributed by atoms with Crippen LogP contribution in [0.5, 0.6) is 17.2 Å². The molecule has 0 amide bonds. The molecule has 3 N–H and O–H groups in total. The normalized spacial score (nSPS) is 11.8. The quantitative estimate of drug-likeness (QED) is 0.419. The standard InChI is InChI=1S/C21H26F3N3O3/c1-3-25-20(27-13-16-7-10-18(28)19(11-16)29-4-2)26-12-15-5-8-17(9-6-15)30-14-21(22,23)24/h5-11,28H,3-4,12-14H2,1-2H3,(H2,25,26,27). The van der Waals surface area contributed by atoms with Gasteiger partial charge in [0.25, 0.3) is 0 Å². The molecule has 9 heteroatoms. The third kappa shape index (κ3) is 8.10. The van der Waals surface area contributed by atoms with Crippen LogP contribution in [0.1, 0.15) is 25.0 Å². The lowest BCUT2D eigenvalue weighted by atomic mass is 10.2. The number of phenols is 1. The summed E-state index contributed by atoms with van der Waals surface area (Å²) >= 11 is 0. The first-order chi connectivity index (χ1) is 14.3. The van der Waals surface area contributed by atoms with Gasteiger partial charge in [0.15, 0.2) is 24.1 Å². The molecule has 6 nitrogen and oxygen atoms in total. The van der Waals surface area contributed by atoms with Crippen molar-refractivity contribution in [1.82, 2.24) is 10.6 Å². The highest BCUT2D eigenvalue weighted by atomic mass is 19.4. The first-order valence-electron chi connectivity index (χ1n) is 9.56. The van der Waals surface area contributed by atoms with E-state index in [4.69, 9.17) is 9.47 Å². The number of benzene rings is 2. The van der Waals surface area contributed by atoms with Gasteiger partial charge in [-0.05, 0) is 49.2 Å². The van der Waals surface area contributed by atoms with Gasteiger partial charge in [0.2, 0.25) is 0 Å². The molecule has 0 radical (unpaired) electrons. The zero-order chi connectivity index (χ0) is 22.0. The SMILES string of the molecule is CCNC(=NCc1ccc(O)c(OCC)c1)NCc1ccc(OCC(F)(F)F)cc1. The Labute approximate surface area is 173 Å². The number of phenolic OH excluding ortho intramolecular Hbond substituents is 1. The highest BCUT2D eigenvalue weighted by Gasteiger charge is 2.28. The molecule has 0 atom stereocenters. The molecule has 0 aliphatic carbocycles. The molecule has 0 saturated carbocycles. The van der Waals surface area contributed by atoms with Crippen molar-refractivity contribution in [2.75, 3.05) is 19.8 Å². The minimum atomic E-state index is -4.36. The fourth-order valence-corrected chi connectivity index (χ4v) is 2.49. The van der Waals surface area contributed by atoms with E-state index in [1.807, 2.05) is 13.8 Å². The van der Waals surface area contributed by atoms with Gasteiger partial charge in [-0.1, -0.05) is 18.2 Å². The Balaban J connectivity index is 1.94. The Kier molecular flexibility index (Phi) is 8.64. The highest BCUT2D eigenvalue weighted by Crippen LogP contribution is 2.27. The lowest BCUT2D eigenvalue weighted by Gasteiger charge is -2.13. The minimum Gasteiger partial charge on any atom is -0.504 e. The topological polar surface area (TPSA) is 75.1 Å². The first kappa shape index (κ1) is 23.2. The minimum absolute atomic E-state index is 0.0808. The zero-order valence-corrected chi connectivity index (χ0v) is 16.9. The fourth-order valence-electron chi connectivity index (χ4n) is 2.49. The van der Waals surface area contributed by atoms with Crippen molar-refractivity contribution in [1.29, 1.82) is 0 Å². The summed E-state index contributed by atoms with van der Waals surface area (Å²) in [5, 5.41) is 16.1. The van der Waals surface area contributed by atoms with E-state index < -0.39 is 12.8 Å². The Morgan fingerprint density at radius 2 is 1.70 bits per heavy atom. The van der Waals surface area contributed by atoms with Gasteiger partial charge in [0.1, 0.15) is 5.75 Å². The number of nitrogens with one attached hydrogen (secondary N) is 2. The molecule has 2 rings (SSSR count). The van der Waals surface area contributed by atoms with E-state index in [0.717, 1.165) is 11.1 Å². The number of nitrogens with zero attached hydrogens (tertiary/aromatic N) is 1. The van der Waals surface area contributed by atoms with Gasteiger partial charge in [-0.3, -0.25) is 0 Å². The van der Waals surface area contributed by atoms with E-state index in [1.165, 1.54) is 12.1 Å². The molecule has 0 spiro atoms. The van der Waals surface area contributed by atoms with Gasteiger partial charge in [0.05, 0.1) is 13.2 Å².